The second kappa shape index (κ2) is 9.72. The second-order valence-electron chi connectivity index (χ2n) is 5.63. The van der Waals surface area contributed by atoms with E-state index >= 15 is 0 Å². The minimum atomic E-state index is -2.47. The maximum atomic E-state index is 12.6. The van der Waals surface area contributed by atoms with Crippen molar-refractivity contribution in [2.24, 2.45) is 0 Å². The number of hydrogen-bond acceptors (Lipinski definition) is 5. The average molecular weight is 372 g/mol. The van der Waals surface area contributed by atoms with Crippen molar-refractivity contribution < 1.29 is 23.1 Å². The van der Waals surface area contributed by atoms with E-state index in [0.29, 0.717) is 48.5 Å². The zero-order chi connectivity index (χ0) is 18.2. The van der Waals surface area contributed by atoms with Crippen LogP contribution in [-0.4, -0.2) is 66.8 Å². The summed E-state index contributed by atoms with van der Waals surface area (Å²) in [5.41, 5.74) is 0.484. The highest BCUT2D eigenvalue weighted by molar-refractivity contribution is 7.99. The van der Waals surface area contributed by atoms with Gasteiger partial charge in [-0.25, -0.2) is 0 Å². The molecule has 0 saturated carbocycles. The van der Waals surface area contributed by atoms with Gasteiger partial charge in [0.2, 0.25) is 0 Å². The van der Waals surface area contributed by atoms with Gasteiger partial charge in [-0.3, -0.25) is 14.5 Å². The molecule has 0 N–H and O–H groups in total. The highest BCUT2D eigenvalue weighted by Crippen LogP contribution is 2.25. The molecule has 1 aliphatic rings. The molecule has 1 aromatic rings. The third kappa shape index (κ3) is 6.28. The first-order valence-electron chi connectivity index (χ1n) is 8.21. The molecule has 138 valence electrons. The molecule has 0 aliphatic carbocycles. The van der Waals surface area contributed by atoms with Gasteiger partial charge in [-0.05, 0) is 37.6 Å². The van der Waals surface area contributed by atoms with Gasteiger partial charge < -0.3 is 9.64 Å². The van der Waals surface area contributed by atoms with Crippen molar-refractivity contribution in [3.05, 3.63) is 29.8 Å². The molecule has 1 aromatic carbocycles. The third-order valence-electron chi connectivity index (χ3n) is 3.86. The van der Waals surface area contributed by atoms with Crippen LogP contribution in [0.15, 0.2) is 29.2 Å². The molecule has 1 amide bonds. The van der Waals surface area contributed by atoms with Crippen LogP contribution in [-0.2, 0) is 9.53 Å². The van der Waals surface area contributed by atoms with Crippen molar-refractivity contribution in [3.63, 3.8) is 0 Å². The Morgan fingerprint density at radius 3 is 2.52 bits per heavy atom. The first-order valence-corrected chi connectivity index (χ1v) is 9.09. The highest BCUT2D eigenvalue weighted by atomic mass is 32.2. The van der Waals surface area contributed by atoms with Gasteiger partial charge in [0.1, 0.15) is 0 Å². The summed E-state index contributed by atoms with van der Waals surface area (Å²) in [5, 5.41) is 0. The first-order chi connectivity index (χ1) is 12.0. The van der Waals surface area contributed by atoms with Gasteiger partial charge in [-0.1, -0.05) is 11.8 Å². The van der Waals surface area contributed by atoms with Crippen LogP contribution in [0.5, 0.6) is 0 Å². The lowest BCUT2D eigenvalue weighted by atomic mass is 10.2. The van der Waals surface area contributed by atoms with E-state index in [1.807, 2.05) is 4.90 Å². The summed E-state index contributed by atoms with van der Waals surface area (Å²) in [5.74, 6) is -2.85. The molecular weight excluding hydrogens is 350 g/mol. The smallest absolute Gasteiger partial charge is 0.320 e. The van der Waals surface area contributed by atoms with Crippen molar-refractivity contribution in [2.75, 3.05) is 39.3 Å². The number of ether oxygens (including phenoxy) is 1. The van der Waals surface area contributed by atoms with E-state index in [2.05, 4.69) is 0 Å². The summed E-state index contributed by atoms with van der Waals surface area (Å²) in [6.45, 7) is 4.81. The Kier molecular flexibility index (Phi) is 7.64. The number of nitrogens with zero attached hydrogens (tertiary/aromatic N) is 2. The number of amides is 1. The van der Waals surface area contributed by atoms with Gasteiger partial charge in [0.25, 0.3) is 11.7 Å². The molecule has 0 radical (unpaired) electrons. The number of hydrogen-bond donors (Lipinski definition) is 0. The normalized spacial score (nSPS) is 15.9. The number of esters is 1. The molecule has 2 rings (SSSR count). The zero-order valence-corrected chi connectivity index (χ0v) is 14.9. The van der Waals surface area contributed by atoms with E-state index in [4.69, 9.17) is 4.74 Å². The highest BCUT2D eigenvalue weighted by Gasteiger charge is 2.21. The lowest BCUT2D eigenvalue weighted by Gasteiger charge is -2.21. The molecule has 1 fully saturated rings. The summed E-state index contributed by atoms with van der Waals surface area (Å²) >= 11 is 0.459. The van der Waals surface area contributed by atoms with E-state index in [1.165, 1.54) is 12.1 Å². The average Bonchev–Trinajstić information content (AvgIpc) is 2.80. The minimum Gasteiger partial charge on any atom is -0.465 e. The molecule has 0 aromatic heterocycles. The molecule has 0 unspecified atom stereocenters. The SMILES string of the molecule is CCOC(=O)CN1CCCN(C(=O)c2ccc(SC(F)F)cc2)CC1. The molecule has 0 atom stereocenters. The fraction of sp³-hybridized carbons (Fsp3) is 0.529. The Bertz CT molecular complexity index is 584. The predicted octanol–water partition coefficient (Wildman–Crippen LogP) is 2.71. The summed E-state index contributed by atoms with van der Waals surface area (Å²) < 4.78 is 29.6. The fourth-order valence-electron chi connectivity index (χ4n) is 2.68. The van der Waals surface area contributed by atoms with Crippen LogP contribution in [0.2, 0.25) is 0 Å². The molecule has 25 heavy (non-hydrogen) atoms. The Hall–Kier alpha value is -1.67. The van der Waals surface area contributed by atoms with E-state index in [-0.39, 0.29) is 18.4 Å². The lowest BCUT2D eigenvalue weighted by Crippen LogP contribution is -2.37. The molecular formula is C17H22F2N2O3S. The number of halogens is 2. The molecule has 1 aliphatic heterocycles. The first kappa shape index (κ1) is 19.7. The number of rotatable bonds is 6. The number of benzene rings is 1. The van der Waals surface area contributed by atoms with E-state index in [1.54, 1.807) is 24.0 Å². The van der Waals surface area contributed by atoms with Crippen LogP contribution in [0.4, 0.5) is 8.78 Å². The van der Waals surface area contributed by atoms with Crippen LogP contribution in [0, 0.1) is 0 Å². The standard InChI is InChI=1S/C17H22F2N2O3S/c1-2-24-15(22)12-20-8-3-9-21(11-10-20)16(23)13-4-6-14(7-5-13)25-17(18)19/h4-7,17H,2-3,8-12H2,1H3. The van der Waals surface area contributed by atoms with Crippen molar-refractivity contribution in [1.82, 2.24) is 9.80 Å². The molecule has 5 nitrogen and oxygen atoms in total. The summed E-state index contributed by atoms with van der Waals surface area (Å²) in [6.07, 6.45) is 0.768. The molecule has 0 bridgehead atoms. The summed E-state index contributed by atoms with van der Waals surface area (Å²) in [6, 6.07) is 6.23. The Morgan fingerprint density at radius 1 is 1.16 bits per heavy atom. The van der Waals surface area contributed by atoms with Gasteiger partial charge in [0.15, 0.2) is 0 Å². The minimum absolute atomic E-state index is 0.119. The van der Waals surface area contributed by atoms with Crippen LogP contribution in [0.1, 0.15) is 23.7 Å². The van der Waals surface area contributed by atoms with Crippen molar-refractivity contribution in [1.29, 1.82) is 0 Å². The third-order valence-corrected chi connectivity index (χ3v) is 4.58. The molecule has 1 heterocycles. The Balaban J connectivity index is 1.90. The van der Waals surface area contributed by atoms with Crippen molar-refractivity contribution in [2.45, 2.75) is 24.0 Å². The van der Waals surface area contributed by atoms with Gasteiger partial charge >= 0.3 is 5.97 Å². The van der Waals surface area contributed by atoms with E-state index < -0.39 is 5.76 Å². The molecule has 1 saturated heterocycles. The number of carbonyl (C=O) groups excluding carboxylic acids is 2. The zero-order valence-electron chi connectivity index (χ0n) is 14.1. The Labute approximate surface area is 150 Å². The number of thioether (sulfide) groups is 1. The van der Waals surface area contributed by atoms with Gasteiger partial charge in [-0.2, -0.15) is 8.78 Å². The van der Waals surface area contributed by atoms with Crippen LogP contribution < -0.4 is 0 Å². The number of carbonyl (C=O) groups is 2. The molecule has 8 heteroatoms. The monoisotopic (exact) mass is 372 g/mol. The van der Waals surface area contributed by atoms with Gasteiger partial charge in [0, 0.05) is 36.6 Å². The quantitative estimate of drug-likeness (QED) is 0.568. The van der Waals surface area contributed by atoms with Gasteiger partial charge in [-0.15, -0.1) is 0 Å². The van der Waals surface area contributed by atoms with E-state index in [9.17, 15) is 18.4 Å². The molecule has 0 spiro atoms. The largest absolute Gasteiger partial charge is 0.465 e. The predicted molar refractivity (Wildman–Crippen MR) is 91.9 cm³/mol. The Morgan fingerprint density at radius 2 is 1.88 bits per heavy atom. The van der Waals surface area contributed by atoms with Crippen LogP contribution in [0.3, 0.4) is 0 Å². The van der Waals surface area contributed by atoms with E-state index in [0.717, 1.165) is 13.0 Å². The van der Waals surface area contributed by atoms with Crippen LogP contribution in [0.25, 0.3) is 0 Å². The maximum Gasteiger partial charge on any atom is 0.320 e. The van der Waals surface area contributed by atoms with Crippen molar-refractivity contribution in [3.8, 4) is 0 Å². The van der Waals surface area contributed by atoms with Gasteiger partial charge in [0.05, 0.1) is 13.2 Å². The summed E-state index contributed by atoms with van der Waals surface area (Å²) in [4.78, 5) is 28.3. The maximum absolute atomic E-state index is 12.6. The topological polar surface area (TPSA) is 49.9 Å². The summed E-state index contributed by atoms with van der Waals surface area (Å²) in [7, 11) is 0. The second-order valence-corrected chi connectivity index (χ2v) is 6.69. The van der Waals surface area contributed by atoms with Crippen molar-refractivity contribution >= 4 is 23.6 Å². The lowest BCUT2D eigenvalue weighted by molar-refractivity contribution is -0.144. The van der Waals surface area contributed by atoms with Crippen LogP contribution >= 0.6 is 11.8 Å². The fourth-order valence-corrected chi connectivity index (χ4v) is 3.18. The number of alkyl halides is 2.